The zero-order valence-corrected chi connectivity index (χ0v) is 19.9. The maximum absolute atomic E-state index is 13.7. The number of hydrogen-bond acceptors (Lipinski definition) is 5. The summed E-state index contributed by atoms with van der Waals surface area (Å²) in [6, 6.07) is 22.4. The summed E-state index contributed by atoms with van der Waals surface area (Å²) < 4.78 is 0. The highest BCUT2D eigenvalue weighted by molar-refractivity contribution is 7.18. The monoisotopic (exact) mass is 456 g/mol. The van der Waals surface area contributed by atoms with Gasteiger partial charge in [-0.25, -0.2) is 9.97 Å². The summed E-state index contributed by atoms with van der Waals surface area (Å²) in [6.07, 6.45) is 1.00. The van der Waals surface area contributed by atoms with Crippen molar-refractivity contribution in [1.82, 2.24) is 14.9 Å². The fourth-order valence-corrected chi connectivity index (χ4v) is 5.57. The summed E-state index contributed by atoms with van der Waals surface area (Å²) >= 11 is 1.75. The van der Waals surface area contributed by atoms with Crippen molar-refractivity contribution >= 4 is 33.3 Å². The molecule has 2 aromatic carbocycles. The average Bonchev–Trinajstić information content (AvgIpc) is 3.28. The van der Waals surface area contributed by atoms with Gasteiger partial charge in [0.05, 0.1) is 11.3 Å². The molecule has 2 aromatic heterocycles. The Kier molecular flexibility index (Phi) is 6.09. The van der Waals surface area contributed by atoms with Gasteiger partial charge in [-0.05, 0) is 30.5 Å². The third kappa shape index (κ3) is 4.35. The Labute approximate surface area is 198 Å². The van der Waals surface area contributed by atoms with E-state index in [0.717, 1.165) is 52.5 Å². The lowest BCUT2D eigenvalue weighted by atomic mass is 9.90. The van der Waals surface area contributed by atoms with Gasteiger partial charge in [0.25, 0.3) is 0 Å². The van der Waals surface area contributed by atoms with Crippen molar-refractivity contribution < 1.29 is 4.79 Å². The number of carbonyl (C=O) groups excluding carboxylic acids is 1. The third-order valence-electron chi connectivity index (χ3n) is 6.29. The molecule has 1 amide bonds. The molecular formula is C27H28N4OS. The molecule has 1 fully saturated rings. The fourth-order valence-electron chi connectivity index (χ4n) is 4.57. The van der Waals surface area contributed by atoms with Gasteiger partial charge in [0.2, 0.25) is 5.91 Å². The molecular weight excluding hydrogens is 428 g/mol. The molecule has 1 aliphatic heterocycles. The van der Waals surface area contributed by atoms with Gasteiger partial charge in [-0.3, -0.25) is 4.79 Å². The molecule has 5 nitrogen and oxygen atoms in total. The quantitative estimate of drug-likeness (QED) is 0.422. The molecule has 0 unspecified atom stereocenters. The number of rotatable bonds is 5. The molecule has 0 atom stereocenters. The Balaban J connectivity index is 1.38. The van der Waals surface area contributed by atoms with E-state index in [9.17, 15) is 4.79 Å². The number of thiophene rings is 1. The minimum Gasteiger partial charge on any atom is -0.352 e. The zero-order chi connectivity index (χ0) is 22.8. The predicted molar refractivity (Wildman–Crippen MR) is 135 cm³/mol. The summed E-state index contributed by atoms with van der Waals surface area (Å²) in [4.78, 5) is 29.9. The van der Waals surface area contributed by atoms with Crippen molar-refractivity contribution in [2.75, 3.05) is 31.1 Å². The largest absolute Gasteiger partial charge is 0.352 e. The molecule has 0 N–H and O–H groups in total. The maximum atomic E-state index is 13.7. The smallest absolute Gasteiger partial charge is 0.234 e. The molecule has 33 heavy (non-hydrogen) atoms. The van der Waals surface area contributed by atoms with Gasteiger partial charge in [0.15, 0.2) is 0 Å². The maximum Gasteiger partial charge on any atom is 0.234 e. The molecule has 0 bridgehead atoms. The lowest BCUT2D eigenvalue weighted by Gasteiger charge is -2.37. The summed E-state index contributed by atoms with van der Waals surface area (Å²) in [5.74, 6) is 1.69. The Hall–Kier alpha value is -3.25. The van der Waals surface area contributed by atoms with Gasteiger partial charge in [-0.15, -0.1) is 11.3 Å². The number of hydrogen-bond donors (Lipinski definition) is 0. The standard InChI is InChI=1S/C27H28N4OS/c1-3-22-18-23-25(28-19(2)29-26(23)33-22)30-14-16-31(17-15-30)27(32)24(20-10-6-4-7-11-20)21-12-8-5-9-13-21/h4-13,18,24H,3,14-17H2,1-2H3. The summed E-state index contributed by atoms with van der Waals surface area (Å²) in [6.45, 7) is 7.04. The number of benzene rings is 2. The van der Waals surface area contributed by atoms with Crippen LogP contribution in [0.2, 0.25) is 0 Å². The second kappa shape index (κ2) is 9.32. The molecule has 4 aromatic rings. The number of carbonyl (C=O) groups is 1. The highest BCUT2D eigenvalue weighted by atomic mass is 32.1. The van der Waals surface area contributed by atoms with Crippen molar-refractivity contribution in [2.24, 2.45) is 0 Å². The van der Waals surface area contributed by atoms with E-state index < -0.39 is 0 Å². The van der Waals surface area contributed by atoms with Gasteiger partial charge in [-0.2, -0.15) is 0 Å². The van der Waals surface area contributed by atoms with Gasteiger partial charge in [0, 0.05) is 31.1 Å². The third-order valence-corrected chi connectivity index (χ3v) is 7.46. The van der Waals surface area contributed by atoms with Crippen LogP contribution in [-0.4, -0.2) is 47.0 Å². The van der Waals surface area contributed by atoms with E-state index in [2.05, 4.69) is 22.9 Å². The molecule has 0 spiro atoms. The minimum atomic E-state index is -0.282. The first-order chi connectivity index (χ1) is 16.1. The molecule has 1 aliphatic rings. The highest BCUT2D eigenvalue weighted by Crippen LogP contribution is 2.32. The number of anilines is 1. The summed E-state index contributed by atoms with van der Waals surface area (Å²) in [5.41, 5.74) is 2.07. The predicted octanol–water partition coefficient (Wildman–Crippen LogP) is 5.04. The van der Waals surface area contributed by atoms with Crippen LogP contribution in [0.3, 0.4) is 0 Å². The number of nitrogens with zero attached hydrogens (tertiary/aromatic N) is 4. The van der Waals surface area contributed by atoms with Crippen LogP contribution < -0.4 is 4.90 Å². The van der Waals surface area contributed by atoms with Crippen LogP contribution >= 0.6 is 11.3 Å². The lowest BCUT2D eigenvalue weighted by molar-refractivity contribution is -0.132. The van der Waals surface area contributed by atoms with Crippen LogP contribution in [0.1, 0.15) is 34.7 Å². The van der Waals surface area contributed by atoms with Gasteiger partial charge < -0.3 is 9.80 Å². The van der Waals surface area contributed by atoms with Crippen LogP contribution in [0.15, 0.2) is 66.7 Å². The molecule has 1 saturated heterocycles. The summed E-state index contributed by atoms with van der Waals surface area (Å²) in [5, 5.41) is 1.13. The lowest BCUT2D eigenvalue weighted by Crippen LogP contribution is -2.50. The van der Waals surface area contributed by atoms with Crippen molar-refractivity contribution in [2.45, 2.75) is 26.2 Å². The van der Waals surface area contributed by atoms with Crippen LogP contribution in [0, 0.1) is 6.92 Å². The van der Waals surface area contributed by atoms with Gasteiger partial charge in [0.1, 0.15) is 16.5 Å². The van der Waals surface area contributed by atoms with Crippen molar-refractivity contribution in [1.29, 1.82) is 0 Å². The first-order valence-electron chi connectivity index (χ1n) is 11.5. The van der Waals surface area contributed by atoms with Gasteiger partial charge in [-0.1, -0.05) is 67.6 Å². The Morgan fingerprint density at radius 3 is 2.12 bits per heavy atom. The Morgan fingerprint density at radius 2 is 1.55 bits per heavy atom. The first kappa shape index (κ1) is 21.6. The van der Waals surface area contributed by atoms with E-state index in [1.165, 1.54) is 4.88 Å². The number of aryl methyl sites for hydroxylation is 2. The van der Waals surface area contributed by atoms with Crippen LogP contribution in [0.5, 0.6) is 0 Å². The van der Waals surface area contributed by atoms with E-state index in [-0.39, 0.29) is 11.8 Å². The van der Waals surface area contributed by atoms with Crippen molar-refractivity contribution in [3.63, 3.8) is 0 Å². The SMILES string of the molecule is CCc1cc2c(N3CCN(C(=O)C(c4ccccc4)c4ccccc4)CC3)nc(C)nc2s1. The molecule has 3 heterocycles. The fraction of sp³-hybridized carbons (Fsp3) is 0.296. The zero-order valence-electron chi connectivity index (χ0n) is 19.1. The van der Waals surface area contributed by atoms with E-state index in [0.29, 0.717) is 13.1 Å². The molecule has 5 rings (SSSR count). The van der Waals surface area contributed by atoms with Gasteiger partial charge >= 0.3 is 0 Å². The minimum absolute atomic E-state index is 0.167. The Bertz CT molecular complexity index is 1210. The van der Waals surface area contributed by atoms with Crippen molar-refractivity contribution in [3.8, 4) is 0 Å². The molecule has 0 aliphatic carbocycles. The van der Waals surface area contributed by atoms with E-state index >= 15 is 0 Å². The first-order valence-corrected chi connectivity index (χ1v) is 12.4. The Morgan fingerprint density at radius 1 is 0.939 bits per heavy atom. The number of piperazine rings is 1. The van der Waals surface area contributed by atoms with Crippen LogP contribution in [0.4, 0.5) is 5.82 Å². The normalized spacial score (nSPS) is 14.3. The average molecular weight is 457 g/mol. The van der Waals surface area contributed by atoms with E-state index in [1.807, 2.05) is 72.5 Å². The second-order valence-electron chi connectivity index (χ2n) is 8.45. The molecule has 6 heteroatoms. The van der Waals surface area contributed by atoms with Crippen LogP contribution in [-0.2, 0) is 11.2 Å². The second-order valence-corrected chi connectivity index (χ2v) is 9.56. The molecule has 168 valence electrons. The summed E-state index contributed by atoms with van der Waals surface area (Å²) in [7, 11) is 0. The highest BCUT2D eigenvalue weighted by Gasteiger charge is 2.30. The topological polar surface area (TPSA) is 49.3 Å². The number of aromatic nitrogens is 2. The number of fused-ring (bicyclic) bond motifs is 1. The van der Waals surface area contributed by atoms with Crippen LogP contribution in [0.25, 0.3) is 10.2 Å². The molecule has 0 saturated carbocycles. The van der Waals surface area contributed by atoms with Crippen molar-refractivity contribution in [3.05, 3.63) is 88.6 Å². The van der Waals surface area contributed by atoms with E-state index in [4.69, 9.17) is 4.98 Å². The number of amides is 1. The molecule has 0 radical (unpaired) electrons. The van der Waals surface area contributed by atoms with E-state index in [1.54, 1.807) is 11.3 Å².